The maximum absolute atomic E-state index is 5.86. The number of anilines is 1. The van der Waals surface area contributed by atoms with E-state index in [9.17, 15) is 0 Å². The van der Waals surface area contributed by atoms with Crippen molar-refractivity contribution < 1.29 is 4.74 Å². The molecule has 2 N–H and O–H groups in total. The zero-order valence-corrected chi connectivity index (χ0v) is 9.86. The smallest absolute Gasteiger partial charge is 0.129 e. The highest BCUT2D eigenvalue weighted by molar-refractivity contribution is 5.66. The van der Waals surface area contributed by atoms with E-state index >= 15 is 0 Å². The van der Waals surface area contributed by atoms with E-state index in [1.165, 1.54) is 5.56 Å². The highest BCUT2D eigenvalue weighted by atomic mass is 16.5. The molecular formula is C13H18N2O. The van der Waals surface area contributed by atoms with E-state index in [0.29, 0.717) is 0 Å². The summed E-state index contributed by atoms with van der Waals surface area (Å²) < 4.78 is 5.62. The van der Waals surface area contributed by atoms with Gasteiger partial charge in [0.15, 0.2) is 0 Å². The maximum atomic E-state index is 5.86. The van der Waals surface area contributed by atoms with Crippen LogP contribution in [-0.4, -0.2) is 32.1 Å². The summed E-state index contributed by atoms with van der Waals surface area (Å²) in [4.78, 5) is 2.11. The molecule has 0 saturated heterocycles. The summed E-state index contributed by atoms with van der Waals surface area (Å²) in [6.07, 6.45) is 5.17. The second-order valence-corrected chi connectivity index (χ2v) is 4.36. The van der Waals surface area contributed by atoms with Gasteiger partial charge < -0.3 is 15.4 Å². The van der Waals surface area contributed by atoms with Crippen molar-refractivity contribution in [2.24, 2.45) is 0 Å². The Bertz CT molecular complexity index is 411. The molecular weight excluding hydrogens is 200 g/mol. The lowest BCUT2D eigenvalue weighted by Gasteiger charge is -2.07. The molecule has 3 nitrogen and oxygen atoms in total. The van der Waals surface area contributed by atoms with Crippen LogP contribution in [0.25, 0.3) is 6.08 Å². The van der Waals surface area contributed by atoms with Crippen molar-refractivity contribution in [3.05, 3.63) is 29.3 Å². The molecule has 2 rings (SSSR count). The minimum absolute atomic E-state index is 0.771. The van der Waals surface area contributed by atoms with Gasteiger partial charge in [-0.05, 0) is 26.2 Å². The van der Waals surface area contributed by atoms with Crippen molar-refractivity contribution in [3.63, 3.8) is 0 Å². The molecule has 0 aromatic heterocycles. The molecule has 0 fully saturated rings. The Hall–Kier alpha value is -1.48. The van der Waals surface area contributed by atoms with Gasteiger partial charge in [-0.2, -0.15) is 0 Å². The molecule has 1 aromatic carbocycles. The van der Waals surface area contributed by atoms with E-state index in [1.807, 2.05) is 26.2 Å². The van der Waals surface area contributed by atoms with Crippen molar-refractivity contribution in [3.8, 4) is 5.75 Å². The normalized spacial score (nSPS) is 14.4. The number of rotatable bonds is 3. The topological polar surface area (TPSA) is 38.5 Å². The highest BCUT2D eigenvalue weighted by Gasteiger charge is 2.15. The van der Waals surface area contributed by atoms with E-state index in [0.717, 1.165) is 36.6 Å². The molecule has 3 heteroatoms. The number of nitrogens with zero attached hydrogens (tertiary/aromatic N) is 1. The van der Waals surface area contributed by atoms with Gasteiger partial charge in [0.2, 0.25) is 0 Å². The molecule has 0 saturated carbocycles. The van der Waals surface area contributed by atoms with Crippen molar-refractivity contribution in [1.29, 1.82) is 0 Å². The Labute approximate surface area is 96.5 Å². The molecule has 0 radical (unpaired) electrons. The monoisotopic (exact) mass is 218 g/mol. The zero-order chi connectivity index (χ0) is 11.5. The summed E-state index contributed by atoms with van der Waals surface area (Å²) in [5.41, 5.74) is 9.00. The summed E-state index contributed by atoms with van der Waals surface area (Å²) in [6, 6.07) is 3.97. The fourth-order valence-electron chi connectivity index (χ4n) is 1.88. The van der Waals surface area contributed by atoms with Gasteiger partial charge in [0.25, 0.3) is 0 Å². The molecule has 1 aliphatic rings. The second kappa shape index (κ2) is 4.58. The number of hydrogen-bond donors (Lipinski definition) is 1. The van der Waals surface area contributed by atoms with Gasteiger partial charge >= 0.3 is 0 Å². The van der Waals surface area contributed by atoms with Crippen LogP contribution in [0.4, 0.5) is 5.69 Å². The predicted octanol–water partition coefficient (Wildman–Crippen LogP) is 1.78. The second-order valence-electron chi connectivity index (χ2n) is 4.36. The Kier molecular flexibility index (Phi) is 3.15. The Morgan fingerprint density at radius 2 is 2.25 bits per heavy atom. The molecule has 0 unspecified atom stereocenters. The Morgan fingerprint density at radius 3 is 3.00 bits per heavy atom. The Balaban J connectivity index is 2.23. The number of hydrogen-bond acceptors (Lipinski definition) is 3. The van der Waals surface area contributed by atoms with E-state index < -0.39 is 0 Å². The minimum atomic E-state index is 0.771. The van der Waals surface area contributed by atoms with Crippen LogP contribution in [0.2, 0.25) is 0 Å². The molecule has 1 aliphatic heterocycles. The molecule has 0 amide bonds. The fourth-order valence-corrected chi connectivity index (χ4v) is 1.88. The lowest BCUT2D eigenvalue weighted by atomic mass is 10.1. The maximum Gasteiger partial charge on any atom is 0.129 e. The van der Waals surface area contributed by atoms with Crippen LogP contribution < -0.4 is 10.5 Å². The fraction of sp³-hybridized carbons (Fsp3) is 0.385. The molecule has 1 heterocycles. The van der Waals surface area contributed by atoms with Crippen LogP contribution in [0.3, 0.4) is 0 Å². The first-order valence-electron chi connectivity index (χ1n) is 5.53. The first-order valence-corrected chi connectivity index (χ1v) is 5.53. The number of likely N-dealkylation sites (N-methyl/N-ethyl adjacent to an activating group) is 1. The van der Waals surface area contributed by atoms with Gasteiger partial charge in [0, 0.05) is 29.8 Å². The number of fused-ring (bicyclic) bond motifs is 1. The number of benzene rings is 1. The van der Waals surface area contributed by atoms with Gasteiger partial charge in [0.05, 0.1) is 6.61 Å². The third kappa shape index (κ3) is 2.36. The number of ether oxygens (including phenoxy) is 1. The number of nitrogen functional groups attached to an aromatic ring is 1. The quantitative estimate of drug-likeness (QED) is 0.786. The largest absolute Gasteiger partial charge is 0.492 e. The summed E-state index contributed by atoms with van der Waals surface area (Å²) in [5.74, 6) is 1.00. The average molecular weight is 218 g/mol. The summed E-state index contributed by atoms with van der Waals surface area (Å²) in [6.45, 7) is 1.69. The molecule has 0 aliphatic carbocycles. The minimum Gasteiger partial charge on any atom is -0.492 e. The molecule has 0 bridgehead atoms. The average Bonchev–Trinajstić information content (AvgIpc) is 2.64. The third-order valence-corrected chi connectivity index (χ3v) is 2.60. The molecule has 1 aromatic rings. The molecule has 0 spiro atoms. The van der Waals surface area contributed by atoms with Crippen molar-refractivity contribution in [1.82, 2.24) is 4.90 Å². The van der Waals surface area contributed by atoms with E-state index in [-0.39, 0.29) is 0 Å². The SMILES string of the molecule is CN(C)CC=Cc1cc(N)cc2c1OCC2. The van der Waals surface area contributed by atoms with E-state index in [2.05, 4.69) is 17.1 Å². The standard InChI is InChI=1S/C13H18N2O/c1-15(2)6-3-4-10-8-12(14)9-11-5-7-16-13(10)11/h3-4,8-9H,5-7,14H2,1-2H3. The third-order valence-electron chi connectivity index (χ3n) is 2.60. The molecule has 0 atom stereocenters. The number of nitrogens with two attached hydrogens (primary N) is 1. The van der Waals surface area contributed by atoms with Crippen LogP contribution in [-0.2, 0) is 6.42 Å². The Morgan fingerprint density at radius 1 is 1.44 bits per heavy atom. The van der Waals surface area contributed by atoms with Gasteiger partial charge in [-0.1, -0.05) is 12.2 Å². The van der Waals surface area contributed by atoms with E-state index in [1.54, 1.807) is 0 Å². The first-order chi connectivity index (χ1) is 7.66. The van der Waals surface area contributed by atoms with Crippen molar-refractivity contribution in [2.45, 2.75) is 6.42 Å². The molecule has 16 heavy (non-hydrogen) atoms. The lowest BCUT2D eigenvalue weighted by Crippen LogP contribution is -2.10. The van der Waals surface area contributed by atoms with Crippen LogP contribution in [0.15, 0.2) is 18.2 Å². The van der Waals surface area contributed by atoms with Crippen LogP contribution in [0.1, 0.15) is 11.1 Å². The van der Waals surface area contributed by atoms with Gasteiger partial charge in [-0.25, -0.2) is 0 Å². The predicted molar refractivity (Wildman–Crippen MR) is 67.6 cm³/mol. The van der Waals surface area contributed by atoms with Crippen molar-refractivity contribution in [2.75, 3.05) is 33.0 Å². The summed E-state index contributed by atoms with van der Waals surface area (Å²) >= 11 is 0. The first kappa shape index (κ1) is 11.0. The van der Waals surface area contributed by atoms with Gasteiger partial charge in [-0.15, -0.1) is 0 Å². The van der Waals surface area contributed by atoms with Crippen molar-refractivity contribution >= 4 is 11.8 Å². The summed E-state index contributed by atoms with van der Waals surface area (Å²) in [5, 5.41) is 0. The van der Waals surface area contributed by atoms with Gasteiger partial charge in [0.1, 0.15) is 5.75 Å². The molecule has 86 valence electrons. The summed E-state index contributed by atoms with van der Waals surface area (Å²) in [7, 11) is 4.09. The van der Waals surface area contributed by atoms with Gasteiger partial charge in [-0.3, -0.25) is 0 Å². The zero-order valence-electron chi connectivity index (χ0n) is 9.86. The van der Waals surface area contributed by atoms with Crippen LogP contribution in [0, 0.1) is 0 Å². The lowest BCUT2D eigenvalue weighted by molar-refractivity contribution is 0.356. The van der Waals surface area contributed by atoms with Crippen LogP contribution in [0.5, 0.6) is 5.75 Å². The highest BCUT2D eigenvalue weighted by Crippen LogP contribution is 2.32. The van der Waals surface area contributed by atoms with Crippen LogP contribution >= 0.6 is 0 Å². The van der Waals surface area contributed by atoms with E-state index in [4.69, 9.17) is 10.5 Å².